The van der Waals surface area contributed by atoms with Gasteiger partial charge in [-0.15, -0.1) is 0 Å². The Morgan fingerprint density at radius 3 is 2.59 bits per heavy atom. The largest absolute Gasteiger partial charge is 0.506 e. The minimum atomic E-state index is -0.979. The Bertz CT molecular complexity index is 1140. The Kier molecular flexibility index (Phi) is 7.17. The van der Waals surface area contributed by atoms with E-state index in [2.05, 4.69) is 14.6 Å². The molecule has 2 aromatic rings. The molecule has 1 aromatic heterocycles. The van der Waals surface area contributed by atoms with Crippen molar-refractivity contribution in [2.75, 3.05) is 14.2 Å². The molecule has 4 rings (SSSR count). The number of methoxy groups -OCH3 is 1. The molecule has 10 nitrogen and oxygen atoms in total. The molecule has 2 unspecified atom stereocenters. The number of fused-ring (bicyclic) bond motifs is 1. The van der Waals surface area contributed by atoms with E-state index in [1.54, 1.807) is 26.2 Å². The lowest BCUT2D eigenvalue weighted by Gasteiger charge is -2.49. The third-order valence-corrected chi connectivity index (χ3v) is 7.04. The molecule has 1 aromatic carbocycles. The van der Waals surface area contributed by atoms with E-state index < -0.39 is 35.8 Å². The minimum Gasteiger partial charge on any atom is -0.506 e. The molecule has 1 saturated heterocycles. The topological polar surface area (TPSA) is 129 Å². The van der Waals surface area contributed by atoms with Crippen LogP contribution in [0.3, 0.4) is 0 Å². The van der Waals surface area contributed by atoms with Gasteiger partial charge < -0.3 is 38.2 Å². The van der Waals surface area contributed by atoms with Crippen LogP contribution in [0, 0.1) is 6.92 Å². The fourth-order valence-corrected chi connectivity index (χ4v) is 5.39. The molecule has 2 aliphatic rings. The maximum atomic E-state index is 12.6. The average Bonchev–Trinajstić information content (AvgIpc) is 3.25. The molecule has 0 bridgehead atoms. The molecule has 5 atom stereocenters. The van der Waals surface area contributed by atoms with Crippen molar-refractivity contribution in [2.45, 2.75) is 69.7 Å². The average molecular weight is 495 g/mol. The SMILES string of the molecule is CO/N=C(\C)c1c(O)c2ccc(O[C@@H]3OC4(CCCC4)[C@H](OC)[C@@H](O)C3OP)c(C)c2oc1=O. The fourth-order valence-electron chi connectivity index (χ4n) is 5.10. The van der Waals surface area contributed by atoms with E-state index >= 15 is 0 Å². The normalized spacial score (nSPS) is 26.8. The molecule has 1 saturated carbocycles. The number of aryl methyl sites for hydroxylation is 1. The van der Waals surface area contributed by atoms with Gasteiger partial charge >= 0.3 is 5.63 Å². The van der Waals surface area contributed by atoms with Gasteiger partial charge in [-0.2, -0.15) is 0 Å². The molecule has 2 N–H and O–H groups in total. The highest BCUT2D eigenvalue weighted by atomic mass is 31.0. The van der Waals surface area contributed by atoms with Crippen molar-refractivity contribution >= 4 is 26.1 Å². The first-order chi connectivity index (χ1) is 16.3. The number of aliphatic hydroxyl groups excluding tert-OH is 1. The lowest BCUT2D eigenvalue weighted by molar-refractivity contribution is -0.307. The number of hydrogen-bond donors (Lipinski definition) is 2. The first kappa shape index (κ1) is 24.9. The quantitative estimate of drug-likeness (QED) is 0.269. The number of hydrogen-bond acceptors (Lipinski definition) is 10. The summed E-state index contributed by atoms with van der Waals surface area (Å²) in [5.41, 5.74) is -0.681. The molecule has 1 spiro atoms. The van der Waals surface area contributed by atoms with Gasteiger partial charge in [0, 0.05) is 22.1 Å². The second-order valence-electron chi connectivity index (χ2n) is 8.66. The summed E-state index contributed by atoms with van der Waals surface area (Å²) < 4.78 is 29.2. The van der Waals surface area contributed by atoms with Crippen LogP contribution in [0.4, 0.5) is 0 Å². The minimum absolute atomic E-state index is 0.0774. The lowest BCUT2D eigenvalue weighted by atomic mass is 9.85. The Hall–Kier alpha value is -2.23. The smallest absolute Gasteiger partial charge is 0.349 e. The van der Waals surface area contributed by atoms with Crippen molar-refractivity contribution in [3.8, 4) is 11.5 Å². The van der Waals surface area contributed by atoms with Crippen LogP contribution in [0.25, 0.3) is 11.0 Å². The van der Waals surface area contributed by atoms with Gasteiger partial charge in [0.05, 0.1) is 11.1 Å². The highest BCUT2D eigenvalue weighted by Crippen LogP contribution is 2.45. The summed E-state index contributed by atoms with van der Waals surface area (Å²) in [5.74, 6) is 0.0981. The summed E-state index contributed by atoms with van der Waals surface area (Å²) in [6.07, 6.45) is 0.0677. The van der Waals surface area contributed by atoms with E-state index in [0.717, 1.165) is 25.7 Å². The van der Waals surface area contributed by atoms with Crippen LogP contribution in [-0.2, 0) is 18.8 Å². The number of aliphatic hydroxyl groups is 1. The van der Waals surface area contributed by atoms with Crippen LogP contribution < -0.4 is 10.4 Å². The van der Waals surface area contributed by atoms with Crippen molar-refractivity contribution in [3.63, 3.8) is 0 Å². The first-order valence-electron chi connectivity index (χ1n) is 11.1. The zero-order valence-electron chi connectivity index (χ0n) is 19.6. The van der Waals surface area contributed by atoms with Crippen LogP contribution in [0.5, 0.6) is 11.5 Å². The Morgan fingerprint density at radius 1 is 1.26 bits per heavy atom. The van der Waals surface area contributed by atoms with Crippen molar-refractivity contribution in [3.05, 3.63) is 33.7 Å². The third kappa shape index (κ3) is 4.07. The summed E-state index contributed by atoms with van der Waals surface area (Å²) in [6.45, 7) is 3.24. The Morgan fingerprint density at radius 2 is 1.97 bits per heavy atom. The van der Waals surface area contributed by atoms with Gasteiger partial charge in [-0.05, 0) is 38.8 Å². The second-order valence-corrected chi connectivity index (χ2v) is 8.93. The maximum Gasteiger partial charge on any atom is 0.349 e. The summed E-state index contributed by atoms with van der Waals surface area (Å²) >= 11 is 0. The van der Waals surface area contributed by atoms with Gasteiger partial charge in [-0.25, -0.2) is 4.79 Å². The zero-order valence-corrected chi connectivity index (χ0v) is 20.7. The van der Waals surface area contributed by atoms with Crippen molar-refractivity contribution < 1.29 is 38.2 Å². The number of oxime groups is 1. The summed E-state index contributed by atoms with van der Waals surface area (Å²) in [7, 11) is 5.04. The van der Waals surface area contributed by atoms with Crippen molar-refractivity contribution in [1.82, 2.24) is 0 Å². The summed E-state index contributed by atoms with van der Waals surface area (Å²) in [4.78, 5) is 17.3. The van der Waals surface area contributed by atoms with E-state index in [1.807, 2.05) is 0 Å². The molecule has 0 amide bonds. The molecule has 34 heavy (non-hydrogen) atoms. The Labute approximate surface area is 199 Å². The summed E-state index contributed by atoms with van der Waals surface area (Å²) in [6, 6.07) is 3.22. The van der Waals surface area contributed by atoms with E-state index in [4.69, 9.17) is 28.0 Å². The van der Waals surface area contributed by atoms with Crippen LogP contribution in [-0.4, -0.2) is 60.3 Å². The molecule has 2 heterocycles. The van der Waals surface area contributed by atoms with Gasteiger partial charge in [0.15, 0.2) is 6.10 Å². The fraction of sp³-hybridized carbons (Fsp3) is 0.565. The number of nitrogens with zero attached hydrogens (tertiary/aromatic N) is 1. The number of rotatable bonds is 6. The molecule has 1 aliphatic carbocycles. The van der Waals surface area contributed by atoms with Gasteiger partial charge in [-0.1, -0.05) is 18.0 Å². The monoisotopic (exact) mass is 495 g/mol. The second kappa shape index (κ2) is 9.79. The standard InChI is InChI=1S/C23H30NO9P/c1-11-14(8-7-13-16(25)15(12(2)24-29-4)21(27)31-18(11)13)30-22-19(33-34)17(26)20(28-3)23(32-22)9-5-6-10-23/h7-8,17,19-20,22,25-26H,5-6,9-10,34H2,1-4H3/b24-12+/t17-,19?,20+,22+/m0/s1. The molecule has 11 heteroatoms. The van der Waals surface area contributed by atoms with Gasteiger partial charge in [0.25, 0.3) is 0 Å². The molecular weight excluding hydrogens is 465 g/mol. The first-order valence-corrected chi connectivity index (χ1v) is 11.5. The molecule has 0 radical (unpaired) electrons. The highest BCUT2D eigenvalue weighted by molar-refractivity contribution is 7.09. The van der Waals surface area contributed by atoms with Crippen LogP contribution in [0.1, 0.15) is 43.7 Å². The predicted octanol–water partition coefficient (Wildman–Crippen LogP) is 2.78. The van der Waals surface area contributed by atoms with E-state index in [1.165, 1.54) is 14.0 Å². The van der Waals surface area contributed by atoms with Crippen LogP contribution >= 0.6 is 9.47 Å². The van der Waals surface area contributed by atoms with Gasteiger partial charge in [0.1, 0.15) is 47.6 Å². The number of benzene rings is 1. The number of ether oxygens (including phenoxy) is 3. The summed E-state index contributed by atoms with van der Waals surface area (Å²) in [5, 5.41) is 25.8. The molecule has 1 aliphatic heterocycles. The predicted molar refractivity (Wildman–Crippen MR) is 126 cm³/mol. The van der Waals surface area contributed by atoms with Crippen LogP contribution in [0.2, 0.25) is 0 Å². The van der Waals surface area contributed by atoms with E-state index in [-0.39, 0.29) is 22.6 Å². The van der Waals surface area contributed by atoms with Gasteiger partial charge in [0.2, 0.25) is 6.29 Å². The van der Waals surface area contributed by atoms with Crippen molar-refractivity contribution in [2.24, 2.45) is 5.16 Å². The van der Waals surface area contributed by atoms with Crippen molar-refractivity contribution in [1.29, 1.82) is 0 Å². The molecular formula is C23H30NO9P. The number of aromatic hydroxyl groups is 1. The maximum absolute atomic E-state index is 12.6. The van der Waals surface area contributed by atoms with Crippen LogP contribution in [0.15, 0.2) is 26.5 Å². The Balaban J connectivity index is 1.73. The van der Waals surface area contributed by atoms with E-state index in [0.29, 0.717) is 16.7 Å². The van der Waals surface area contributed by atoms with Gasteiger partial charge in [-0.3, -0.25) is 0 Å². The molecule has 2 fully saturated rings. The zero-order chi connectivity index (χ0) is 24.6. The van der Waals surface area contributed by atoms with E-state index in [9.17, 15) is 15.0 Å². The third-order valence-electron chi connectivity index (χ3n) is 6.73. The lowest BCUT2D eigenvalue weighted by Crippen LogP contribution is -2.65. The highest BCUT2D eigenvalue weighted by Gasteiger charge is 2.57. The molecule has 186 valence electrons.